The summed E-state index contributed by atoms with van der Waals surface area (Å²) in [7, 11) is 0. The lowest BCUT2D eigenvalue weighted by Crippen LogP contribution is -2.48. The number of hydrogen-bond acceptors (Lipinski definition) is 3. The Balaban J connectivity index is 1.71. The Morgan fingerprint density at radius 1 is 1.06 bits per heavy atom. The maximum atomic E-state index is 5.83. The van der Waals surface area contributed by atoms with E-state index in [1.54, 1.807) is 0 Å². The molecule has 0 spiro atoms. The Hall–Kier alpha value is -0.900. The van der Waals surface area contributed by atoms with E-state index < -0.39 is 0 Å². The van der Waals surface area contributed by atoms with Crippen molar-refractivity contribution >= 4 is 0 Å². The smallest absolute Gasteiger partial charge is 0.0469 e. The first-order valence-corrected chi connectivity index (χ1v) is 6.99. The summed E-state index contributed by atoms with van der Waals surface area (Å²) < 4.78 is 5.45. The highest BCUT2D eigenvalue weighted by Gasteiger charge is 2.33. The highest BCUT2D eigenvalue weighted by molar-refractivity contribution is 5.32. The monoisotopic (exact) mass is 246 g/mol. The van der Waals surface area contributed by atoms with Gasteiger partial charge in [0.05, 0.1) is 0 Å². The van der Waals surface area contributed by atoms with Crippen LogP contribution in [0, 0.1) is 11.8 Å². The summed E-state index contributed by atoms with van der Waals surface area (Å²) >= 11 is 0. The molecule has 18 heavy (non-hydrogen) atoms. The molecule has 1 atom stereocenters. The summed E-state index contributed by atoms with van der Waals surface area (Å²) in [5.74, 6) is 7.15. The van der Waals surface area contributed by atoms with Crippen LogP contribution in [-0.2, 0) is 17.6 Å². The van der Waals surface area contributed by atoms with Gasteiger partial charge in [-0.25, -0.2) is 0 Å². The van der Waals surface area contributed by atoms with Crippen molar-refractivity contribution in [2.75, 3.05) is 13.2 Å². The lowest BCUT2D eigenvalue weighted by molar-refractivity contribution is 0.0451. The quantitative estimate of drug-likeness (QED) is 0.630. The highest BCUT2D eigenvalue weighted by atomic mass is 16.5. The van der Waals surface area contributed by atoms with Crippen LogP contribution in [0.5, 0.6) is 0 Å². The van der Waals surface area contributed by atoms with Gasteiger partial charge < -0.3 is 4.74 Å². The zero-order valence-corrected chi connectivity index (χ0v) is 10.8. The van der Waals surface area contributed by atoms with Gasteiger partial charge in [0.25, 0.3) is 0 Å². The van der Waals surface area contributed by atoms with Crippen molar-refractivity contribution in [2.24, 2.45) is 17.7 Å². The molecule has 3 heteroatoms. The molecule has 0 saturated carbocycles. The van der Waals surface area contributed by atoms with Crippen LogP contribution in [0.15, 0.2) is 24.3 Å². The summed E-state index contributed by atoms with van der Waals surface area (Å²) in [5, 5.41) is 0. The molecule has 1 aliphatic heterocycles. The first-order valence-electron chi connectivity index (χ1n) is 6.99. The van der Waals surface area contributed by atoms with E-state index in [-0.39, 0.29) is 0 Å². The normalized spacial score (nSPS) is 22.9. The molecule has 1 aromatic carbocycles. The number of fused-ring (bicyclic) bond motifs is 1. The van der Waals surface area contributed by atoms with E-state index >= 15 is 0 Å². The fourth-order valence-electron chi connectivity index (χ4n) is 3.58. The first kappa shape index (κ1) is 12.2. The first-order chi connectivity index (χ1) is 8.88. The van der Waals surface area contributed by atoms with Gasteiger partial charge in [-0.2, -0.15) is 0 Å². The van der Waals surface area contributed by atoms with Crippen molar-refractivity contribution in [3.05, 3.63) is 35.4 Å². The summed E-state index contributed by atoms with van der Waals surface area (Å²) in [6.07, 6.45) is 4.62. The zero-order valence-electron chi connectivity index (χ0n) is 10.8. The second kappa shape index (κ2) is 5.39. The highest BCUT2D eigenvalue weighted by Crippen LogP contribution is 2.33. The predicted molar refractivity (Wildman–Crippen MR) is 72.0 cm³/mol. The van der Waals surface area contributed by atoms with Crippen LogP contribution in [0.4, 0.5) is 0 Å². The van der Waals surface area contributed by atoms with E-state index in [0.29, 0.717) is 17.9 Å². The Kier molecular flexibility index (Phi) is 3.64. The predicted octanol–water partition coefficient (Wildman–Crippen LogP) is 1.66. The van der Waals surface area contributed by atoms with Crippen LogP contribution in [0.25, 0.3) is 0 Å². The lowest BCUT2D eigenvalue weighted by Gasteiger charge is -2.33. The van der Waals surface area contributed by atoms with Crippen LogP contribution < -0.4 is 11.3 Å². The molecule has 0 aromatic heterocycles. The molecule has 3 rings (SSSR count). The molecule has 3 N–H and O–H groups in total. The molecule has 2 aliphatic rings. The third-order valence-corrected chi connectivity index (χ3v) is 4.56. The minimum Gasteiger partial charge on any atom is -0.381 e. The summed E-state index contributed by atoms with van der Waals surface area (Å²) in [6.45, 7) is 1.78. The van der Waals surface area contributed by atoms with E-state index in [0.717, 1.165) is 26.1 Å². The van der Waals surface area contributed by atoms with Crippen molar-refractivity contribution in [3.63, 3.8) is 0 Å². The SMILES string of the molecule is NNC(C1CCOCC1)C1Cc2ccccc2C1. The fraction of sp³-hybridized carbons (Fsp3) is 0.600. The van der Waals surface area contributed by atoms with Gasteiger partial charge in [-0.1, -0.05) is 24.3 Å². The molecule has 1 fully saturated rings. The van der Waals surface area contributed by atoms with Gasteiger partial charge in [-0.3, -0.25) is 11.3 Å². The van der Waals surface area contributed by atoms with Gasteiger partial charge in [0.1, 0.15) is 0 Å². The molecular weight excluding hydrogens is 224 g/mol. The van der Waals surface area contributed by atoms with E-state index in [1.807, 2.05) is 0 Å². The van der Waals surface area contributed by atoms with E-state index in [9.17, 15) is 0 Å². The van der Waals surface area contributed by atoms with Crippen LogP contribution in [0.1, 0.15) is 24.0 Å². The molecule has 1 unspecified atom stereocenters. The number of nitrogens with one attached hydrogen (secondary N) is 1. The maximum Gasteiger partial charge on any atom is 0.0469 e. The molecule has 1 aromatic rings. The Bertz CT molecular complexity index is 376. The molecule has 1 aliphatic carbocycles. The molecule has 0 bridgehead atoms. The van der Waals surface area contributed by atoms with Crippen molar-refractivity contribution < 1.29 is 4.74 Å². The van der Waals surface area contributed by atoms with Crippen molar-refractivity contribution in [3.8, 4) is 0 Å². The van der Waals surface area contributed by atoms with Crippen LogP contribution in [-0.4, -0.2) is 19.3 Å². The Morgan fingerprint density at radius 3 is 2.22 bits per heavy atom. The van der Waals surface area contributed by atoms with Crippen LogP contribution in [0.2, 0.25) is 0 Å². The second-order valence-corrected chi connectivity index (χ2v) is 5.58. The van der Waals surface area contributed by atoms with Gasteiger partial charge in [0.15, 0.2) is 0 Å². The summed E-state index contributed by atoms with van der Waals surface area (Å²) in [4.78, 5) is 0. The Labute approximate surface area is 109 Å². The van der Waals surface area contributed by atoms with Crippen molar-refractivity contribution in [1.29, 1.82) is 0 Å². The van der Waals surface area contributed by atoms with Crippen molar-refractivity contribution in [2.45, 2.75) is 31.7 Å². The zero-order chi connectivity index (χ0) is 12.4. The topological polar surface area (TPSA) is 47.3 Å². The summed E-state index contributed by atoms with van der Waals surface area (Å²) in [6, 6.07) is 9.22. The minimum atomic E-state index is 0.432. The molecule has 0 radical (unpaired) electrons. The van der Waals surface area contributed by atoms with E-state index in [4.69, 9.17) is 10.6 Å². The van der Waals surface area contributed by atoms with Gasteiger partial charge in [0, 0.05) is 19.3 Å². The number of rotatable bonds is 3. The van der Waals surface area contributed by atoms with E-state index in [2.05, 4.69) is 29.7 Å². The average molecular weight is 246 g/mol. The van der Waals surface area contributed by atoms with Crippen LogP contribution >= 0.6 is 0 Å². The van der Waals surface area contributed by atoms with Gasteiger partial charge in [-0.15, -0.1) is 0 Å². The number of ether oxygens (including phenoxy) is 1. The molecule has 1 saturated heterocycles. The van der Waals surface area contributed by atoms with Gasteiger partial charge >= 0.3 is 0 Å². The number of hydrazine groups is 1. The molecule has 98 valence electrons. The van der Waals surface area contributed by atoms with Gasteiger partial charge in [-0.05, 0) is 48.6 Å². The molecule has 3 nitrogen and oxygen atoms in total. The van der Waals surface area contributed by atoms with Gasteiger partial charge in [0.2, 0.25) is 0 Å². The fourth-order valence-corrected chi connectivity index (χ4v) is 3.58. The second-order valence-electron chi connectivity index (χ2n) is 5.58. The van der Waals surface area contributed by atoms with E-state index in [1.165, 1.54) is 24.0 Å². The summed E-state index contributed by atoms with van der Waals surface area (Å²) in [5.41, 5.74) is 6.11. The number of nitrogens with two attached hydrogens (primary N) is 1. The molecular formula is C15H22N2O. The molecule has 0 amide bonds. The number of benzene rings is 1. The maximum absolute atomic E-state index is 5.83. The average Bonchev–Trinajstić information content (AvgIpc) is 2.84. The van der Waals surface area contributed by atoms with Crippen LogP contribution in [0.3, 0.4) is 0 Å². The minimum absolute atomic E-state index is 0.432. The third kappa shape index (κ3) is 2.30. The third-order valence-electron chi connectivity index (χ3n) is 4.56. The standard InChI is InChI=1S/C15H22N2O/c16-17-15(11-5-7-18-8-6-11)14-9-12-3-1-2-4-13(12)10-14/h1-4,11,14-15,17H,5-10,16H2. The number of hydrogen-bond donors (Lipinski definition) is 2. The lowest BCUT2D eigenvalue weighted by atomic mass is 9.82. The largest absolute Gasteiger partial charge is 0.381 e. The molecule has 1 heterocycles. The van der Waals surface area contributed by atoms with Crippen molar-refractivity contribution in [1.82, 2.24) is 5.43 Å². The Morgan fingerprint density at radius 2 is 1.67 bits per heavy atom.